The highest BCUT2D eigenvalue weighted by atomic mass is 16.3. The summed E-state index contributed by atoms with van der Waals surface area (Å²) in [6.07, 6.45) is 11.8. The number of allylic oxidation sites excluding steroid dienone is 2. The molecule has 4 aromatic carbocycles. The molecule has 0 saturated carbocycles. The average Bonchev–Trinajstić information content (AvgIpc) is 3.91. The monoisotopic (exact) mass is 1020 g/mol. The molecule has 0 atom stereocenters. The molecule has 2 N–H and O–H groups in total. The van der Waals surface area contributed by atoms with Gasteiger partial charge in [-0.2, -0.15) is 0 Å². The Bertz CT molecular complexity index is 2950. The number of hydrogen-bond acceptors (Lipinski definition) is 10. The van der Waals surface area contributed by atoms with Crippen LogP contribution in [0.3, 0.4) is 0 Å². The maximum Gasteiger partial charge on any atom is 0.253 e. The van der Waals surface area contributed by atoms with E-state index in [9.17, 15) is 29.4 Å². The summed E-state index contributed by atoms with van der Waals surface area (Å²) in [5.41, 5.74) is 6.90. The molecule has 12 heteroatoms. The molecule has 0 radical (unpaired) electrons. The van der Waals surface area contributed by atoms with Crippen LogP contribution in [-0.2, 0) is 0 Å². The molecule has 0 bridgehead atoms. The first-order valence-corrected chi connectivity index (χ1v) is 28.1. The van der Waals surface area contributed by atoms with Crippen LogP contribution >= 0.6 is 0 Å². The molecule has 2 aliphatic carbocycles. The third kappa shape index (κ3) is 11.6. The Morgan fingerprint density at radius 2 is 0.816 bits per heavy atom. The van der Waals surface area contributed by atoms with Crippen LogP contribution in [0.4, 0.5) is 11.4 Å². The molecule has 0 fully saturated rings. The maximum absolute atomic E-state index is 14.0. The lowest BCUT2D eigenvalue weighted by Crippen LogP contribution is -2.32. The molecule has 398 valence electrons. The topological polar surface area (TPSA) is 147 Å². The fraction of sp³-hybridized carbons (Fsp3) is 0.406. The predicted octanol–water partition coefficient (Wildman–Crippen LogP) is 14.0. The van der Waals surface area contributed by atoms with Gasteiger partial charge in [-0.25, -0.2) is 9.97 Å². The third-order valence-electron chi connectivity index (χ3n) is 15.1. The number of amides is 2. The number of carbonyl (C=O) groups excluding carboxylic acids is 4. The number of fused-ring (bicyclic) bond motifs is 4. The van der Waals surface area contributed by atoms with E-state index in [0.717, 1.165) is 136 Å². The number of benzene rings is 4. The van der Waals surface area contributed by atoms with Crippen molar-refractivity contribution in [3.05, 3.63) is 142 Å². The number of pyridine rings is 2. The van der Waals surface area contributed by atoms with Gasteiger partial charge in [-0.1, -0.05) is 103 Å². The van der Waals surface area contributed by atoms with Gasteiger partial charge < -0.3 is 29.8 Å². The molecule has 8 rings (SSSR count). The normalized spacial score (nSPS) is 13.0. The van der Waals surface area contributed by atoms with E-state index in [4.69, 9.17) is 9.97 Å². The second-order valence-corrected chi connectivity index (χ2v) is 20.3. The SMILES string of the molecule is CCCCN(CCCC)c1cccc2ccc(C3=C(O)c4cc(C(=O)N(CC)CCCCCCN(CC)C(=O)c5ccc6c(c5)C(O)=C(c5ccc7cccc(N(CCCC)CCCC)c7n5)C6=O)ccc4C3=O)nc12. The van der Waals surface area contributed by atoms with Gasteiger partial charge in [0.05, 0.1) is 44.9 Å². The van der Waals surface area contributed by atoms with Crippen molar-refractivity contribution in [3.63, 3.8) is 0 Å². The van der Waals surface area contributed by atoms with E-state index in [1.54, 1.807) is 58.3 Å². The fourth-order valence-corrected chi connectivity index (χ4v) is 10.7. The molecule has 6 aromatic rings. The van der Waals surface area contributed by atoms with E-state index in [1.165, 1.54) is 0 Å². The molecule has 2 amide bonds. The molecular weight excluding hydrogens is 949 g/mol. The first kappa shape index (κ1) is 54.9. The van der Waals surface area contributed by atoms with Crippen LogP contribution in [0.5, 0.6) is 0 Å². The van der Waals surface area contributed by atoms with Gasteiger partial charge in [0, 0.05) is 96.5 Å². The van der Waals surface area contributed by atoms with Crippen LogP contribution in [0.1, 0.15) is 183 Å². The minimum absolute atomic E-state index is 0.144. The van der Waals surface area contributed by atoms with Crippen molar-refractivity contribution >= 4 is 79.2 Å². The molecule has 76 heavy (non-hydrogen) atoms. The molecule has 2 aromatic heterocycles. The summed E-state index contributed by atoms with van der Waals surface area (Å²) in [7, 11) is 0. The standard InChI is InChI=1S/C64H76N6O6/c1-7-13-35-69(36-14-8-2)53-25-21-23-43-29-33-51(65-57(43)53)55-59(71)47-31-27-45(41-49(47)61(55)73)63(75)67(11-5)39-19-17-18-20-40-68(12-6)64(76)46-28-32-48-50(42-46)62(74)56(60(48)72)52-34-30-44-24-22-26-54(58(44)66-52)70(37-15-9-3)38-16-10-4/h21-34,41-42,73-74H,7-20,35-40H2,1-6H3. The van der Waals surface area contributed by atoms with Crippen molar-refractivity contribution in [2.75, 3.05) is 62.2 Å². The Hall–Kier alpha value is -7.34. The summed E-state index contributed by atoms with van der Waals surface area (Å²) in [5, 5.41) is 25.2. The summed E-state index contributed by atoms with van der Waals surface area (Å²) in [5.74, 6) is -1.31. The van der Waals surface area contributed by atoms with Crippen LogP contribution in [0.15, 0.2) is 97.1 Å². The molecule has 2 aliphatic rings. The average molecular weight is 1030 g/mol. The molecular formula is C64H76N6O6. The smallest absolute Gasteiger partial charge is 0.253 e. The summed E-state index contributed by atoms with van der Waals surface area (Å²) in [6, 6.07) is 29.7. The van der Waals surface area contributed by atoms with E-state index in [-0.39, 0.29) is 46.0 Å². The van der Waals surface area contributed by atoms with E-state index < -0.39 is 0 Å². The van der Waals surface area contributed by atoms with E-state index >= 15 is 0 Å². The summed E-state index contributed by atoms with van der Waals surface area (Å²) in [4.78, 5) is 74.1. The first-order valence-electron chi connectivity index (χ1n) is 28.1. The third-order valence-corrected chi connectivity index (χ3v) is 15.1. The molecule has 2 heterocycles. The number of nitrogens with zero attached hydrogens (tertiary/aromatic N) is 6. The Kier molecular flexibility index (Phi) is 18.4. The van der Waals surface area contributed by atoms with E-state index in [1.807, 2.05) is 50.2 Å². The predicted molar refractivity (Wildman–Crippen MR) is 310 cm³/mol. The van der Waals surface area contributed by atoms with Gasteiger partial charge in [-0.05, 0) is 113 Å². The van der Waals surface area contributed by atoms with E-state index in [0.29, 0.717) is 70.9 Å². The quantitative estimate of drug-likeness (QED) is 0.0478. The fourth-order valence-electron chi connectivity index (χ4n) is 10.7. The highest BCUT2D eigenvalue weighted by molar-refractivity contribution is 6.39. The Balaban J connectivity index is 0.880. The zero-order valence-corrected chi connectivity index (χ0v) is 45.6. The Morgan fingerprint density at radius 3 is 1.17 bits per heavy atom. The van der Waals surface area contributed by atoms with Crippen LogP contribution in [0, 0.1) is 0 Å². The van der Waals surface area contributed by atoms with Gasteiger partial charge in [0.1, 0.15) is 11.5 Å². The van der Waals surface area contributed by atoms with Gasteiger partial charge >= 0.3 is 0 Å². The lowest BCUT2D eigenvalue weighted by atomic mass is 10.0. The van der Waals surface area contributed by atoms with Crippen LogP contribution < -0.4 is 9.80 Å². The lowest BCUT2D eigenvalue weighted by Gasteiger charge is -2.26. The Labute approximate surface area is 449 Å². The van der Waals surface area contributed by atoms with Crippen molar-refractivity contribution in [2.45, 2.75) is 119 Å². The van der Waals surface area contributed by atoms with Crippen molar-refractivity contribution in [3.8, 4) is 0 Å². The summed E-state index contributed by atoms with van der Waals surface area (Å²) >= 11 is 0. The van der Waals surface area contributed by atoms with Crippen LogP contribution in [0.25, 0.3) is 44.5 Å². The van der Waals surface area contributed by atoms with Gasteiger partial charge in [0.25, 0.3) is 11.8 Å². The van der Waals surface area contributed by atoms with Gasteiger partial charge in [-0.15, -0.1) is 0 Å². The number of aliphatic hydroxyl groups excluding tert-OH is 2. The zero-order valence-electron chi connectivity index (χ0n) is 45.6. The number of para-hydroxylation sites is 2. The minimum Gasteiger partial charge on any atom is -0.506 e. The van der Waals surface area contributed by atoms with Crippen molar-refractivity contribution in [1.82, 2.24) is 19.8 Å². The van der Waals surface area contributed by atoms with Crippen LogP contribution in [-0.4, -0.2) is 106 Å². The summed E-state index contributed by atoms with van der Waals surface area (Å²) < 4.78 is 0. The number of hydrogen-bond donors (Lipinski definition) is 2. The summed E-state index contributed by atoms with van der Waals surface area (Å²) in [6.45, 7) is 18.3. The molecule has 0 aliphatic heterocycles. The highest BCUT2D eigenvalue weighted by Gasteiger charge is 2.35. The van der Waals surface area contributed by atoms with E-state index in [2.05, 4.69) is 49.6 Å². The second kappa shape index (κ2) is 25.5. The zero-order chi connectivity index (χ0) is 53.9. The number of Topliss-reactive ketones (excluding diaryl/α,β-unsaturated/α-hetero) is 2. The van der Waals surface area contributed by atoms with Crippen molar-refractivity contribution < 1.29 is 29.4 Å². The first-order chi connectivity index (χ1) is 37.0. The largest absolute Gasteiger partial charge is 0.506 e. The Morgan fingerprint density at radius 1 is 0.434 bits per heavy atom. The van der Waals surface area contributed by atoms with Gasteiger partial charge in [0.2, 0.25) is 0 Å². The molecule has 0 saturated heterocycles. The second-order valence-electron chi connectivity index (χ2n) is 20.3. The molecule has 0 unspecified atom stereocenters. The number of aromatic nitrogens is 2. The number of unbranched alkanes of at least 4 members (excludes halogenated alkanes) is 7. The molecule has 0 spiro atoms. The van der Waals surface area contributed by atoms with Gasteiger partial charge in [-0.3, -0.25) is 19.2 Å². The van der Waals surface area contributed by atoms with Gasteiger partial charge in [0.15, 0.2) is 11.6 Å². The van der Waals surface area contributed by atoms with Crippen LogP contribution in [0.2, 0.25) is 0 Å². The minimum atomic E-state index is -0.314. The number of aliphatic hydroxyl groups is 2. The number of anilines is 2. The number of ketones is 2. The lowest BCUT2D eigenvalue weighted by molar-refractivity contribution is 0.0747. The highest BCUT2D eigenvalue weighted by Crippen LogP contribution is 2.40. The van der Waals surface area contributed by atoms with Crippen molar-refractivity contribution in [1.29, 1.82) is 0 Å². The number of rotatable bonds is 27. The van der Waals surface area contributed by atoms with Crippen molar-refractivity contribution in [2.24, 2.45) is 0 Å². The maximum atomic E-state index is 14.0. The number of carbonyl (C=O) groups is 4. The molecule has 12 nitrogen and oxygen atoms in total.